The van der Waals surface area contributed by atoms with Crippen molar-refractivity contribution in [1.82, 2.24) is 19.9 Å². The van der Waals surface area contributed by atoms with E-state index < -0.39 is 0 Å². The van der Waals surface area contributed by atoms with Crippen LogP contribution in [0.4, 0.5) is 5.82 Å². The predicted octanol–water partition coefficient (Wildman–Crippen LogP) is 2.19. The SMILES string of the molecule is O=C(Nc1ccc(-c2ccccn2)cn1)c1cncnc1. The largest absolute Gasteiger partial charge is 0.306 e. The van der Waals surface area contributed by atoms with Crippen LogP contribution in [0.2, 0.25) is 0 Å². The molecule has 0 atom stereocenters. The number of pyridine rings is 2. The van der Waals surface area contributed by atoms with Crippen LogP contribution in [-0.2, 0) is 0 Å². The Kier molecular flexibility index (Phi) is 3.60. The Bertz CT molecular complexity index is 729. The molecule has 6 heteroatoms. The van der Waals surface area contributed by atoms with Gasteiger partial charge in [0, 0.05) is 30.4 Å². The van der Waals surface area contributed by atoms with Gasteiger partial charge in [-0.2, -0.15) is 0 Å². The van der Waals surface area contributed by atoms with E-state index in [0.717, 1.165) is 11.3 Å². The van der Waals surface area contributed by atoms with E-state index in [4.69, 9.17) is 0 Å². The van der Waals surface area contributed by atoms with Crippen LogP contribution < -0.4 is 5.32 Å². The molecule has 3 rings (SSSR count). The third-order valence-corrected chi connectivity index (χ3v) is 2.79. The molecule has 0 aliphatic carbocycles. The molecule has 0 aliphatic heterocycles. The van der Waals surface area contributed by atoms with Crippen LogP contribution in [0.1, 0.15) is 10.4 Å². The molecule has 3 aromatic rings. The first-order chi connectivity index (χ1) is 10.3. The Balaban J connectivity index is 1.75. The first-order valence-corrected chi connectivity index (χ1v) is 6.27. The fraction of sp³-hybridized carbons (Fsp3) is 0. The van der Waals surface area contributed by atoms with Crippen LogP contribution in [0, 0.1) is 0 Å². The molecule has 0 unspecified atom stereocenters. The van der Waals surface area contributed by atoms with Gasteiger partial charge in [-0.3, -0.25) is 9.78 Å². The van der Waals surface area contributed by atoms with Gasteiger partial charge < -0.3 is 5.32 Å². The van der Waals surface area contributed by atoms with E-state index in [1.54, 1.807) is 18.5 Å². The van der Waals surface area contributed by atoms with Crippen LogP contribution in [0.5, 0.6) is 0 Å². The molecular weight excluding hydrogens is 266 g/mol. The molecule has 0 saturated heterocycles. The predicted molar refractivity (Wildman–Crippen MR) is 77.5 cm³/mol. The first kappa shape index (κ1) is 12.9. The van der Waals surface area contributed by atoms with Crippen molar-refractivity contribution in [3.8, 4) is 11.3 Å². The lowest BCUT2D eigenvalue weighted by Crippen LogP contribution is -2.13. The van der Waals surface area contributed by atoms with Crippen LogP contribution in [0.3, 0.4) is 0 Å². The van der Waals surface area contributed by atoms with Crippen molar-refractivity contribution in [2.24, 2.45) is 0 Å². The molecule has 3 heterocycles. The maximum Gasteiger partial charge on any atom is 0.259 e. The molecule has 3 aromatic heterocycles. The molecule has 6 nitrogen and oxygen atoms in total. The van der Waals surface area contributed by atoms with E-state index in [1.165, 1.54) is 18.7 Å². The number of amides is 1. The van der Waals surface area contributed by atoms with Crippen molar-refractivity contribution < 1.29 is 4.79 Å². The van der Waals surface area contributed by atoms with Gasteiger partial charge in [0.05, 0.1) is 11.3 Å². The molecular formula is C15H11N5O. The summed E-state index contributed by atoms with van der Waals surface area (Å²) in [6.45, 7) is 0. The topological polar surface area (TPSA) is 80.7 Å². The molecule has 1 amide bonds. The highest BCUT2D eigenvalue weighted by molar-refractivity contribution is 6.03. The average molecular weight is 277 g/mol. The van der Waals surface area contributed by atoms with Crippen LogP contribution in [-0.4, -0.2) is 25.8 Å². The highest BCUT2D eigenvalue weighted by Crippen LogP contribution is 2.16. The van der Waals surface area contributed by atoms with Gasteiger partial charge in [-0.15, -0.1) is 0 Å². The number of aromatic nitrogens is 4. The zero-order chi connectivity index (χ0) is 14.5. The van der Waals surface area contributed by atoms with E-state index in [2.05, 4.69) is 25.3 Å². The summed E-state index contributed by atoms with van der Waals surface area (Å²) in [5, 5.41) is 2.69. The summed E-state index contributed by atoms with van der Waals surface area (Å²) in [7, 11) is 0. The van der Waals surface area contributed by atoms with Gasteiger partial charge in [0.25, 0.3) is 5.91 Å². The summed E-state index contributed by atoms with van der Waals surface area (Å²) in [5.41, 5.74) is 2.10. The fourth-order valence-electron chi connectivity index (χ4n) is 1.76. The zero-order valence-corrected chi connectivity index (χ0v) is 11.0. The number of hydrogen-bond donors (Lipinski definition) is 1. The van der Waals surface area contributed by atoms with Crippen LogP contribution >= 0.6 is 0 Å². The second-order valence-corrected chi connectivity index (χ2v) is 4.23. The minimum absolute atomic E-state index is 0.298. The highest BCUT2D eigenvalue weighted by atomic mass is 16.1. The van der Waals surface area contributed by atoms with E-state index >= 15 is 0 Å². The highest BCUT2D eigenvalue weighted by Gasteiger charge is 2.07. The molecule has 102 valence electrons. The summed E-state index contributed by atoms with van der Waals surface area (Å²) in [5.74, 6) is 0.164. The standard InChI is InChI=1S/C15H11N5O/c21-15(12-7-16-10-17-8-12)20-14-5-4-11(9-19-14)13-3-1-2-6-18-13/h1-10H,(H,19,20,21). The summed E-state index contributed by atoms with van der Waals surface area (Å²) >= 11 is 0. The lowest BCUT2D eigenvalue weighted by Gasteiger charge is -2.05. The van der Waals surface area contributed by atoms with Crippen LogP contribution in [0.15, 0.2) is 61.4 Å². The van der Waals surface area contributed by atoms with Crippen LogP contribution in [0.25, 0.3) is 11.3 Å². The number of rotatable bonds is 3. The number of anilines is 1. The third kappa shape index (κ3) is 3.06. The summed E-state index contributed by atoms with van der Waals surface area (Å²) in [6, 6.07) is 9.25. The van der Waals surface area contributed by atoms with Gasteiger partial charge in [0.2, 0.25) is 0 Å². The Morgan fingerprint density at radius 2 is 1.81 bits per heavy atom. The second kappa shape index (κ2) is 5.87. The molecule has 0 fully saturated rings. The molecule has 0 radical (unpaired) electrons. The van der Waals surface area contributed by atoms with Gasteiger partial charge in [0.15, 0.2) is 0 Å². The van der Waals surface area contributed by atoms with E-state index in [0.29, 0.717) is 11.4 Å². The second-order valence-electron chi connectivity index (χ2n) is 4.23. The molecule has 21 heavy (non-hydrogen) atoms. The molecule has 0 saturated carbocycles. The average Bonchev–Trinajstić information content (AvgIpc) is 2.57. The van der Waals surface area contributed by atoms with Crippen molar-refractivity contribution in [2.75, 3.05) is 5.32 Å². The normalized spacial score (nSPS) is 10.1. The molecule has 0 aromatic carbocycles. The van der Waals surface area contributed by atoms with Crippen molar-refractivity contribution in [1.29, 1.82) is 0 Å². The monoisotopic (exact) mass is 277 g/mol. The van der Waals surface area contributed by atoms with Gasteiger partial charge in [-0.1, -0.05) is 6.07 Å². The Morgan fingerprint density at radius 1 is 0.952 bits per heavy atom. The minimum Gasteiger partial charge on any atom is -0.306 e. The van der Waals surface area contributed by atoms with E-state index in [9.17, 15) is 4.79 Å². The van der Waals surface area contributed by atoms with E-state index in [1.807, 2.05) is 24.3 Å². The van der Waals surface area contributed by atoms with Crippen molar-refractivity contribution in [2.45, 2.75) is 0 Å². The molecule has 0 spiro atoms. The first-order valence-electron chi connectivity index (χ1n) is 6.27. The maximum absolute atomic E-state index is 11.9. The van der Waals surface area contributed by atoms with E-state index in [-0.39, 0.29) is 5.91 Å². The number of hydrogen-bond acceptors (Lipinski definition) is 5. The smallest absolute Gasteiger partial charge is 0.259 e. The molecule has 0 bridgehead atoms. The third-order valence-electron chi connectivity index (χ3n) is 2.79. The molecule has 1 N–H and O–H groups in total. The number of carbonyl (C=O) groups is 1. The minimum atomic E-state index is -0.298. The lowest BCUT2D eigenvalue weighted by molar-refractivity contribution is 0.102. The summed E-state index contributed by atoms with van der Waals surface area (Å²) < 4.78 is 0. The zero-order valence-electron chi connectivity index (χ0n) is 11.0. The van der Waals surface area contributed by atoms with Gasteiger partial charge in [0.1, 0.15) is 12.1 Å². The Morgan fingerprint density at radius 3 is 2.48 bits per heavy atom. The summed E-state index contributed by atoms with van der Waals surface area (Å²) in [6.07, 6.45) is 7.66. The number of carbonyl (C=O) groups excluding carboxylic acids is 1. The quantitative estimate of drug-likeness (QED) is 0.793. The summed E-state index contributed by atoms with van der Waals surface area (Å²) in [4.78, 5) is 28.0. The van der Waals surface area contributed by atoms with Gasteiger partial charge in [-0.05, 0) is 24.3 Å². The number of nitrogens with zero attached hydrogens (tertiary/aromatic N) is 4. The molecule has 0 aliphatic rings. The Hall–Kier alpha value is -3.15. The van der Waals surface area contributed by atoms with Crippen molar-refractivity contribution >= 4 is 11.7 Å². The van der Waals surface area contributed by atoms with Gasteiger partial charge in [-0.25, -0.2) is 15.0 Å². The maximum atomic E-state index is 11.9. The van der Waals surface area contributed by atoms with Crippen molar-refractivity contribution in [3.63, 3.8) is 0 Å². The Labute approximate surface area is 121 Å². The number of nitrogens with one attached hydrogen (secondary N) is 1. The lowest BCUT2D eigenvalue weighted by atomic mass is 10.2. The van der Waals surface area contributed by atoms with Crippen molar-refractivity contribution in [3.05, 3.63) is 67.0 Å². The fourth-order valence-corrected chi connectivity index (χ4v) is 1.76. The van der Waals surface area contributed by atoms with Gasteiger partial charge >= 0.3 is 0 Å².